The number of aliphatic hydroxyl groups is 1. The molecule has 2 saturated heterocycles. The summed E-state index contributed by atoms with van der Waals surface area (Å²) in [7, 11) is 0. The first kappa shape index (κ1) is 13.1. The summed E-state index contributed by atoms with van der Waals surface area (Å²) in [5.41, 5.74) is 1.42. The standard InChI is InChI=1S/C16H24N2O/c19-16-12-18(13-16)15-7-4-9-17(10-8-15)11-14-5-2-1-3-6-14/h1-3,5-6,15-16,19H,4,7-13H2. The van der Waals surface area contributed by atoms with Crippen molar-refractivity contribution in [3.05, 3.63) is 35.9 Å². The van der Waals surface area contributed by atoms with E-state index in [9.17, 15) is 5.11 Å². The lowest BCUT2D eigenvalue weighted by molar-refractivity contribution is -0.0279. The Morgan fingerprint density at radius 2 is 1.84 bits per heavy atom. The van der Waals surface area contributed by atoms with Crippen LogP contribution in [0.2, 0.25) is 0 Å². The van der Waals surface area contributed by atoms with E-state index in [2.05, 4.69) is 40.1 Å². The molecule has 19 heavy (non-hydrogen) atoms. The van der Waals surface area contributed by atoms with Gasteiger partial charge in [-0.1, -0.05) is 30.3 Å². The average molecular weight is 260 g/mol. The molecule has 3 nitrogen and oxygen atoms in total. The quantitative estimate of drug-likeness (QED) is 0.896. The molecule has 1 atom stereocenters. The van der Waals surface area contributed by atoms with Crippen molar-refractivity contribution in [3.8, 4) is 0 Å². The van der Waals surface area contributed by atoms with E-state index in [1.54, 1.807) is 0 Å². The van der Waals surface area contributed by atoms with Crippen LogP contribution in [0.5, 0.6) is 0 Å². The lowest BCUT2D eigenvalue weighted by atomic mass is 10.0. The van der Waals surface area contributed by atoms with Gasteiger partial charge >= 0.3 is 0 Å². The van der Waals surface area contributed by atoms with Crippen LogP contribution in [-0.4, -0.2) is 53.2 Å². The van der Waals surface area contributed by atoms with Crippen LogP contribution < -0.4 is 0 Å². The largest absolute Gasteiger partial charge is 0.390 e. The summed E-state index contributed by atoms with van der Waals surface area (Å²) >= 11 is 0. The van der Waals surface area contributed by atoms with Gasteiger partial charge in [0.1, 0.15) is 0 Å². The highest BCUT2D eigenvalue weighted by Gasteiger charge is 2.31. The van der Waals surface area contributed by atoms with Crippen molar-refractivity contribution >= 4 is 0 Å². The van der Waals surface area contributed by atoms with Crippen molar-refractivity contribution in [2.75, 3.05) is 26.2 Å². The number of aliphatic hydroxyl groups excluding tert-OH is 1. The Labute approximate surface area is 115 Å². The third kappa shape index (κ3) is 3.35. The predicted octanol–water partition coefficient (Wildman–Crippen LogP) is 1.72. The van der Waals surface area contributed by atoms with E-state index >= 15 is 0 Å². The fourth-order valence-electron chi connectivity index (χ4n) is 3.29. The topological polar surface area (TPSA) is 26.7 Å². The van der Waals surface area contributed by atoms with Crippen molar-refractivity contribution in [3.63, 3.8) is 0 Å². The molecule has 2 fully saturated rings. The molecular weight excluding hydrogens is 236 g/mol. The molecule has 1 unspecified atom stereocenters. The summed E-state index contributed by atoms with van der Waals surface area (Å²) in [6, 6.07) is 11.5. The number of hydrogen-bond acceptors (Lipinski definition) is 3. The zero-order valence-corrected chi connectivity index (χ0v) is 11.5. The van der Waals surface area contributed by atoms with Gasteiger partial charge in [0.05, 0.1) is 6.10 Å². The third-order valence-electron chi connectivity index (χ3n) is 4.45. The maximum atomic E-state index is 9.41. The summed E-state index contributed by atoms with van der Waals surface area (Å²) < 4.78 is 0. The van der Waals surface area contributed by atoms with Gasteiger partial charge in [0.2, 0.25) is 0 Å². The summed E-state index contributed by atoms with van der Waals surface area (Å²) in [4.78, 5) is 5.03. The Morgan fingerprint density at radius 3 is 2.58 bits per heavy atom. The number of hydrogen-bond donors (Lipinski definition) is 1. The minimum absolute atomic E-state index is 0.0660. The zero-order valence-electron chi connectivity index (χ0n) is 11.5. The molecule has 0 amide bonds. The summed E-state index contributed by atoms with van der Waals surface area (Å²) in [6.45, 7) is 5.26. The monoisotopic (exact) mass is 260 g/mol. The molecule has 0 saturated carbocycles. The van der Waals surface area contributed by atoms with Crippen molar-refractivity contribution in [2.45, 2.75) is 38.0 Å². The van der Waals surface area contributed by atoms with E-state index in [0.29, 0.717) is 6.04 Å². The first-order chi connectivity index (χ1) is 9.31. The molecule has 3 rings (SSSR count). The van der Waals surface area contributed by atoms with E-state index in [-0.39, 0.29) is 6.10 Å². The molecule has 2 aliphatic rings. The predicted molar refractivity (Wildman–Crippen MR) is 76.9 cm³/mol. The van der Waals surface area contributed by atoms with Crippen LogP contribution in [0.25, 0.3) is 0 Å². The lowest BCUT2D eigenvalue weighted by Crippen LogP contribution is -2.55. The lowest BCUT2D eigenvalue weighted by Gasteiger charge is -2.41. The number of benzene rings is 1. The van der Waals surface area contributed by atoms with E-state index in [1.165, 1.54) is 37.9 Å². The van der Waals surface area contributed by atoms with E-state index in [0.717, 1.165) is 19.6 Å². The third-order valence-corrected chi connectivity index (χ3v) is 4.45. The Balaban J connectivity index is 1.50. The highest BCUT2D eigenvalue weighted by molar-refractivity contribution is 5.14. The number of likely N-dealkylation sites (tertiary alicyclic amines) is 2. The second-order valence-electron chi connectivity index (χ2n) is 5.95. The molecule has 0 aromatic heterocycles. The molecular formula is C16H24N2O. The molecule has 0 spiro atoms. The molecule has 104 valence electrons. The summed E-state index contributed by atoms with van der Waals surface area (Å²) in [5, 5.41) is 9.41. The Hall–Kier alpha value is -0.900. The highest BCUT2D eigenvalue weighted by atomic mass is 16.3. The second kappa shape index (κ2) is 6.04. The van der Waals surface area contributed by atoms with Crippen LogP contribution in [0, 0.1) is 0 Å². The molecule has 1 aromatic carbocycles. The average Bonchev–Trinajstić information content (AvgIpc) is 2.62. The Kier molecular flexibility index (Phi) is 4.16. The smallest absolute Gasteiger partial charge is 0.0794 e. The molecule has 1 aromatic rings. The van der Waals surface area contributed by atoms with Gasteiger partial charge < -0.3 is 5.11 Å². The maximum absolute atomic E-state index is 9.41. The molecule has 1 N–H and O–H groups in total. The normalized spacial score (nSPS) is 26.9. The van der Waals surface area contributed by atoms with Gasteiger partial charge in [-0.05, 0) is 37.9 Å². The Bertz CT molecular complexity index is 389. The van der Waals surface area contributed by atoms with Gasteiger partial charge in [-0.15, -0.1) is 0 Å². The summed E-state index contributed by atoms with van der Waals surface area (Å²) in [5.74, 6) is 0. The van der Waals surface area contributed by atoms with Gasteiger partial charge in [-0.2, -0.15) is 0 Å². The fraction of sp³-hybridized carbons (Fsp3) is 0.625. The van der Waals surface area contributed by atoms with Gasteiger partial charge in [0, 0.05) is 25.7 Å². The van der Waals surface area contributed by atoms with Crippen molar-refractivity contribution in [1.82, 2.24) is 9.80 Å². The minimum atomic E-state index is -0.0660. The van der Waals surface area contributed by atoms with Crippen LogP contribution in [-0.2, 0) is 6.54 Å². The molecule has 0 bridgehead atoms. The van der Waals surface area contributed by atoms with Crippen LogP contribution in [0.3, 0.4) is 0 Å². The maximum Gasteiger partial charge on any atom is 0.0794 e. The molecule has 3 heteroatoms. The SMILES string of the molecule is OC1CN(C2CCCN(Cc3ccccc3)CC2)C1. The minimum Gasteiger partial charge on any atom is -0.390 e. The number of nitrogens with zero attached hydrogens (tertiary/aromatic N) is 2. The number of rotatable bonds is 3. The van der Waals surface area contributed by atoms with E-state index < -0.39 is 0 Å². The van der Waals surface area contributed by atoms with Crippen LogP contribution >= 0.6 is 0 Å². The van der Waals surface area contributed by atoms with Crippen LogP contribution in [0.1, 0.15) is 24.8 Å². The molecule has 2 heterocycles. The van der Waals surface area contributed by atoms with Crippen molar-refractivity contribution in [2.24, 2.45) is 0 Å². The fourth-order valence-corrected chi connectivity index (χ4v) is 3.29. The van der Waals surface area contributed by atoms with Crippen molar-refractivity contribution < 1.29 is 5.11 Å². The van der Waals surface area contributed by atoms with E-state index in [1.807, 2.05) is 0 Å². The Morgan fingerprint density at radius 1 is 1.05 bits per heavy atom. The first-order valence-corrected chi connectivity index (χ1v) is 7.49. The van der Waals surface area contributed by atoms with Gasteiger partial charge in [-0.25, -0.2) is 0 Å². The van der Waals surface area contributed by atoms with Crippen LogP contribution in [0.4, 0.5) is 0 Å². The van der Waals surface area contributed by atoms with Crippen LogP contribution in [0.15, 0.2) is 30.3 Å². The zero-order chi connectivity index (χ0) is 13.1. The van der Waals surface area contributed by atoms with Gasteiger partial charge in [0.15, 0.2) is 0 Å². The molecule has 0 radical (unpaired) electrons. The second-order valence-corrected chi connectivity index (χ2v) is 5.95. The van der Waals surface area contributed by atoms with Gasteiger partial charge in [0.25, 0.3) is 0 Å². The molecule has 2 aliphatic heterocycles. The van der Waals surface area contributed by atoms with Crippen molar-refractivity contribution in [1.29, 1.82) is 0 Å². The molecule has 0 aliphatic carbocycles. The highest BCUT2D eigenvalue weighted by Crippen LogP contribution is 2.22. The van der Waals surface area contributed by atoms with Gasteiger partial charge in [-0.3, -0.25) is 9.80 Å². The number of β-amino-alcohol motifs (C(OH)–C–C–N with tert-alkyl or cyclic N) is 1. The summed E-state index contributed by atoms with van der Waals surface area (Å²) in [6.07, 6.45) is 3.76. The van der Waals surface area contributed by atoms with E-state index in [4.69, 9.17) is 0 Å². The first-order valence-electron chi connectivity index (χ1n) is 7.49.